The van der Waals surface area contributed by atoms with Gasteiger partial charge in [-0.3, -0.25) is 0 Å². The van der Waals surface area contributed by atoms with Crippen LogP contribution >= 0.6 is 0 Å². The Morgan fingerprint density at radius 2 is 1.84 bits per heavy atom. The van der Waals surface area contributed by atoms with Crippen molar-refractivity contribution in [2.24, 2.45) is 52.3 Å². The molecule has 0 spiro atoms. The van der Waals surface area contributed by atoms with Gasteiger partial charge in [-0.15, -0.1) is 0 Å². The van der Waals surface area contributed by atoms with Crippen LogP contribution in [0, 0.1) is 52.3 Å². The van der Waals surface area contributed by atoms with Crippen LogP contribution in [-0.4, -0.2) is 11.2 Å². The van der Waals surface area contributed by atoms with Gasteiger partial charge in [0, 0.05) is 0 Å². The molecule has 1 nitrogen and oxygen atoms in total. The Bertz CT molecular complexity index is 758. The molecule has 0 amide bonds. The molecule has 0 unspecified atom stereocenters. The Balaban J connectivity index is 1.52. The highest BCUT2D eigenvalue weighted by molar-refractivity contribution is 5.25. The summed E-state index contributed by atoms with van der Waals surface area (Å²) in [6.07, 6.45) is 18.7. The highest BCUT2D eigenvalue weighted by atomic mass is 16.3. The largest absolute Gasteiger partial charge is 0.393 e. The van der Waals surface area contributed by atoms with Crippen LogP contribution < -0.4 is 0 Å². The number of hydrogen-bond donors (Lipinski definition) is 1. The summed E-state index contributed by atoms with van der Waals surface area (Å²) in [7, 11) is 0. The van der Waals surface area contributed by atoms with Crippen molar-refractivity contribution in [3.05, 3.63) is 36.0 Å². The maximum absolute atomic E-state index is 10.3. The van der Waals surface area contributed by atoms with Crippen molar-refractivity contribution in [3.8, 4) is 0 Å². The SMILES string of the molecule is C=C(CC)[C@@H](/C=C/[C@@H](C)[C@H]1CC[C@H]2[C@@H]3CC=C4C[C@@H](O)CC[C@]4(C)[C@H]3CC[C@]12C)C(C)C. The first kappa shape index (κ1) is 24.3. The smallest absolute Gasteiger partial charge is 0.0577 e. The molecule has 0 bridgehead atoms. The van der Waals surface area contributed by atoms with Crippen molar-refractivity contribution in [2.75, 3.05) is 0 Å². The molecule has 0 heterocycles. The van der Waals surface area contributed by atoms with Crippen LogP contribution in [0.3, 0.4) is 0 Å². The maximum Gasteiger partial charge on any atom is 0.0577 e. The zero-order chi connectivity index (χ0) is 23.3. The molecular weight excluding hydrogens is 388 g/mol. The first-order chi connectivity index (χ1) is 15.1. The Labute approximate surface area is 198 Å². The van der Waals surface area contributed by atoms with Gasteiger partial charge < -0.3 is 5.11 Å². The summed E-state index contributed by atoms with van der Waals surface area (Å²) in [6.45, 7) is 19.0. The number of hydrogen-bond acceptors (Lipinski definition) is 1. The van der Waals surface area contributed by atoms with Crippen LogP contribution in [0.25, 0.3) is 0 Å². The minimum Gasteiger partial charge on any atom is -0.393 e. The molecule has 0 aromatic heterocycles. The third kappa shape index (κ3) is 3.99. The van der Waals surface area contributed by atoms with E-state index in [-0.39, 0.29) is 6.10 Å². The van der Waals surface area contributed by atoms with Crippen molar-refractivity contribution < 1.29 is 5.11 Å². The third-order valence-electron chi connectivity index (χ3n) is 11.1. The summed E-state index contributed by atoms with van der Waals surface area (Å²) >= 11 is 0. The quantitative estimate of drug-likeness (QED) is 0.413. The molecular formula is C31H50O. The summed E-state index contributed by atoms with van der Waals surface area (Å²) < 4.78 is 0. The van der Waals surface area contributed by atoms with E-state index in [1.165, 1.54) is 44.1 Å². The van der Waals surface area contributed by atoms with E-state index in [0.717, 1.165) is 42.9 Å². The fourth-order valence-corrected chi connectivity index (χ4v) is 9.04. The maximum atomic E-state index is 10.3. The van der Waals surface area contributed by atoms with E-state index in [9.17, 15) is 5.11 Å². The minimum absolute atomic E-state index is 0.0957. The molecule has 4 rings (SSSR count). The minimum atomic E-state index is -0.0957. The van der Waals surface area contributed by atoms with Gasteiger partial charge in [0.25, 0.3) is 0 Å². The van der Waals surface area contributed by atoms with E-state index in [4.69, 9.17) is 0 Å². The molecule has 4 aliphatic rings. The second-order valence-corrected chi connectivity index (χ2v) is 12.9. The highest BCUT2D eigenvalue weighted by Crippen LogP contribution is 2.67. The monoisotopic (exact) mass is 438 g/mol. The van der Waals surface area contributed by atoms with Crippen molar-refractivity contribution in [1.82, 2.24) is 0 Å². The second kappa shape index (κ2) is 9.09. The number of aliphatic hydroxyl groups excluding tert-OH is 1. The van der Waals surface area contributed by atoms with Crippen molar-refractivity contribution in [1.29, 1.82) is 0 Å². The van der Waals surface area contributed by atoms with Crippen molar-refractivity contribution in [2.45, 2.75) is 105 Å². The van der Waals surface area contributed by atoms with Gasteiger partial charge in [0.1, 0.15) is 0 Å². The molecule has 0 aromatic carbocycles. The van der Waals surface area contributed by atoms with Gasteiger partial charge in [0.2, 0.25) is 0 Å². The lowest BCUT2D eigenvalue weighted by Gasteiger charge is -2.58. The van der Waals surface area contributed by atoms with E-state index < -0.39 is 0 Å². The van der Waals surface area contributed by atoms with Crippen LogP contribution in [0.2, 0.25) is 0 Å². The summed E-state index contributed by atoms with van der Waals surface area (Å²) in [6, 6.07) is 0. The van der Waals surface area contributed by atoms with E-state index in [2.05, 4.69) is 66.3 Å². The second-order valence-electron chi connectivity index (χ2n) is 12.9. The fraction of sp³-hybridized carbons (Fsp3) is 0.806. The summed E-state index contributed by atoms with van der Waals surface area (Å²) in [5.41, 5.74) is 3.84. The van der Waals surface area contributed by atoms with E-state index in [1.54, 1.807) is 5.57 Å². The predicted molar refractivity (Wildman–Crippen MR) is 137 cm³/mol. The van der Waals surface area contributed by atoms with Crippen LogP contribution in [0.4, 0.5) is 0 Å². The Morgan fingerprint density at radius 3 is 2.53 bits per heavy atom. The molecule has 1 N–H and O–H groups in total. The Morgan fingerprint density at radius 1 is 1.09 bits per heavy atom. The topological polar surface area (TPSA) is 20.2 Å². The van der Waals surface area contributed by atoms with Gasteiger partial charge in [-0.25, -0.2) is 0 Å². The van der Waals surface area contributed by atoms with Gasteiger partial charge in [0.05, 0.1) is 6.10 Å². The van der Waals surface area contributed by atoms with E-state index in [0.29, 0.717) is 28.6 Å². The van der Waals surface area contributed by atoms with Gasteiger partial charge >= 0.3 is 0 Å². The molecule has 0 aliphatic heterocycles. The number of rotatable bonds is 6. The lowest BCUT2D eigenvalue weighted by atomic mass is 9.47. The fourth-order valence-electron chi connectivity index (χ4n) is 9.04. The van der Waals surface area contributed by atoms with Crippen LogP contribution in [-0.2, 0) is 0 Å². The predicted octanol–water partition coefficient (Wildman–Crippen LogP) is 8.36. The molecule has 0 aromatic rings. The van der Waals surface area contributed by atoms with Gasteiger partial charge in [-0.1, -0.05) is 77.5 Å². The van der Waals surface area contributed by atoms with Crippen molar-refractivity contribution in [3.63, 3.8) is 0 Å². The molecule has 1 heteroatoms. The third-order valence-corrected chi connectivity index (χ3v) is 11.1. The molecule has 3 fully saturated rings. The number of allylic oxidation sites excluding steroid dienone is 4. The number of fused-ring (bicyclic) bond motifs is 5. The first-order valence-corrected chi connectivity index (χ1v) is 13.8. The van der Waals surface area contributed by atoms with Gasteiger partial charge in [-0.2, -0.15) is 0 Å². The first-order valence-electron chi connectivity index (χ1n) is 13.8. The Hall–Kier alpha value is -0.820. The molecule has 0 radical (unpaired) electrons. The van der Waals surface area contributed by atoms with E-state index in [1.807, 2.05) is 0 Å². The molecule has 3 saturated carbocycles. The molecule has 0 saturated heterocycles. The molecule has 4 aliphatic carbocycles. The van der Waals surface area contributed by atoms with Gasteiger partial charge in [0.15, 0.2) is 0 Å². The van der Waals surface area contributed by atoms with Crippen molar-refractivity contribution >= 4 is 0 Å². The van der Waals surface area contributed by atoms with Crippen LogP contribution in [0.15, 0.2) is 36.0 Å². The van der Waals surface area contributed by atoms with Crippen LogP contribution in [0.1, 0.15) is 99.3 Å². The normalized spacial score (nSPS) is 43.4. The highest BCUT2D eigenvalue weighted by Gasteiger charge is 2.58. The average molecular weight is 439 g/mol. The Kier molecular flexibility index (Phi) is 6.90. The zero-order valence-corrected chi connectivity index (χ0v) is 21.9. The average Bonchev–Trinajstić information content (AvgIpc) is 3.11. The summed E-state index contributed by atoms with van der Waals surface area (Å²) in [4.78, 5) is 0. The number of aliphatic hydroxyl groups is 1. The molecule has 32 heavy (non-hydrogen) atoms. The lowest BCUT2D eigenvalue weighted by Crippen LogP contribution is -2.50. The van der Waals surface area contributed by atoms with Gasteiger partial charge in [-0.05, 0) is 110 Å². The van der Waals surface area contributed by atoms with E-state index >= 15 is 0 Å². The summed E-state index contributed by atoms with van der Waals surface area (Å²) in [5.74, 6) is 5.22. The van der Waals surface area contributed by atoms with Crippen LogP contribution in [0.5, 0.6) is 0 Å². The summed E-state index contributed by atoms with van der Waals surface area (Å²) in [5, 5.41) is 10.3. The molecule has 9 atom stereocenters. The lowest BCUT2D eigenvalue weighted by molar-refractivity contribution is -0.0540. The standard InChI is InChI=1S/C31H50O/c1-8-21(4)25(20(2)3)11-9-22(5)27-13-14-28-26-12-10-23-19-24(32)15-17-30(23,6)29(26)16-18-31(27,28)7/h9-11,20,22,24-29,32H,4,8,12-19H2,1-3,5-7H3/b11-9+/t22-,24+,25+,26+,27-,28+,29+,30+,31-/m1/s1. The zero-order valence-electron chi connectivity index (χ0n) is 21.9. The molecule has 180 valence electrons.